The molecule has 1 N–H and O–H groups in total. The number of nitro groups is 1. The summed E-state index contributed by atoms with van der Waals surface area (Å²) in [6.07, 6.45) is 0.843. The van der Waals surface area contributed by atoms with E-state index in [9.17, 15) is 19.7 Å². The molecule has 0 atom stereocenters. The van der Waals surface area contributed by atoms with Crippen LogP contribution in [0.4, 0.5) is 11.4 Å². The average molecular weight is 506 g/mol. The first kappa shape index (κ1) is 24.3. The van der Waals surface area contributed by atoms with Crippen molar-refractivity contribution in [2.24, 2.45) is 0 Å². The molecule has 2 aliphatic heterocycles. The molecule has 0 unspecified atom stereocenters. The van der Waals surface area contributed by atoms with Crippen molar-refractivity contribution in [1.29, 1.82) is 0 Å². The first-order valence-corrected chi connectivity index (χ1v) is 11.9. The van der Waals surface area contributed by atoms with Gasteiger partial charge in [-0.05, 0) is 43.3 Å². The molecule has 4 rings (SSSR count). The molecule has 0 bridgehead atoms. The Hall–Kier alpha value is -2.88. The van der Waals surface area contributed by atoms with Crippen LogP contribution in [-0.2, 0) is 0 Å². The summed E-state index contributed by atoms with van der Waals surface area (Å²) >= 11 is 12.1. The molecule has 2 aromatic rings. The van der Waals surface area contributed by atoms with Crippen LogP contribution in [0, 0.1) is 10.1 Å². The summed E-state index contributed by atoms with van der Waals surface area (Å²) in [6.45, 7) is 4.35. The van der Waals surface area contributed by atoms with Gasteiger partial charge in [0.05, 0.1) is 15.5 Å². The summed E-state index contributed by atoms with van der Waals surface area (Å²) in [6, 6.07) is 9.39. The molecule has 0 saturated carbocycles. The molecule has 2 heterocycles. The van der Waals surface area contributed by atoms with E-state index in [1.54, 1.807) is 34.1 Å². The summed E-state index contributed by atoms with van der Waals surface area (Å²) in [5.74, 6) is -0.405. The van der Waals surface area contributed by atoms with Gasteiger partial charge in [-0.1, -0.05) is 23.2 Å². The van der Waals surface area contributed by atoms with Crippen LogP contribution >= 0.6 is 23.2 Å². The molecule has 9 nitrogen and oxygen atoms in total. The molecule has 0 aromatic heterocycles. The Labute approximate surface area is 207 Å². The van der Waals surface area contributed by atoms with Crippen molar-refractivity contribution in [3.05, 3.63) is 67.7 Å². The second-order valence-electron chi connectivity index (χ2n) is 8.26. The van der Waals surface area contributed by atoms with Gasteiger partial charge in [0.1, 0.15) is 5.69 Å². The molecule has 11 heteroatoms. The summed E-state index contributed by atoms with van der Waals surface area (Å²) in [7, 11) is 0. The zero-order valence-electron chi connectivity index (χ0n) is 18.5. The number of rotatable bonds is 4. The highest BCUT2D eigenvalue weighted by Crippen LogP contribution is 2.31. The summed E-state index contributed by atoms with van der Waals surface area (Å²) in [5.41, 5.74) is 1.01. The highest BCUT2D eigenvalue weighted by molar-refractivity contribution is 6.36. The van der Waals surface area contributed by atoms with E-state index in [1.165, 1.54) is 12.1 Å². The van der Waals surface area contributed by atoms with Gasteiger partial charge < -0.3 is 20.0 Å². The zero-order chi connectivity index (χ0) is 24.2. The van der Waals surface area contributed by atoms with Crippen LogP contribution in [0.2, 0.25) is 10.0 Å². The van der Waals surface area contributed by atoms with Gasteiger partial charge >= 0.3 is 0 Å². The van der Waals surface area contributed by atoms with Gasteiger partial charge in [-0.15, -0.1) is 0 Å². The quantitative estimate of drug-likeness (QED) is 0.505. The third-order valence-corrected chi connectivity index (χ3v) is 6.66. The standard InChI is InChI=1S/C23H25Cl2N5O4/c24-17-3-4-18(19(25)15-17)23(32)29-12-10-27(11-13-29)20-5-2-16(14-21(20)30(33)34)22(31)28-8-1-6-26-7-9-28/h2-5,14-15,26H,1,6-13H2. The number of anilines is 1. The van der Waals surface area contributed by atoms with Crippen molar-refractivity contribution in [3.8, 4) is 0 Å². The normalized spacial score (nSPS) is 16.8. The maximum Gasteiger partial charge on any atom is 0.293 e. The SMILES string of the molecule is O=C(c1ccc(N2CCN(C(=O)c3ccc(Cl)cc3Cl)CC2)c([N+](=O)[O-])c1)N1CCCNCC1. The number of benzene rings is 2. The highest BCUT2D eigenvalue weighted by Gasteiger charge is 2.29. The predicted octanol–water partition coefficient (Wildman–Crippen LogP) is 3.30. The first-order valence-electron chi connectivity index (χ1n) is 11.1. The molecule has 0 aliphatic carbocycles. The van der Waals surface area contributed by atoms with Gasteiger partial charge in [0.2, 0.25) is 0 Å². The lowest BCUT2D eigenvalue weighted by Crippen LogP contribution is -2.49. The van der Waals surface area contributed by atoms with Crippen molar-refractivity contribution >= 4 is 46.4 Å². The maximum atomic E-state index is 12.9. The van der Waals surface area contributed by atoms with E-state index in [0.717, 1.165) is 13.0 Å². The summed E-state index contributed by atoms with van der Waals surface area (Å²) in [4.78, 5) is 42.4. The molecule has 2 aliphatic rings. The smallest absolute Gasteiger partial charge is 0.293 e. The van der Waals surface area contributed by atoms with Gasteiger partial charge in [-0.3, -0.25) is 19.7 Å². The number of nitrogens with zero attached hydrogens (tertiary/aromatic N) is 4. The van der Waals surface area contributed by atoms with Crippen molar-refractivity contribution in [2.45, 2.75) is 6.42 Å². The maximum absolute atomic E-state index is 12.9. The van der Waals surface area contributed by atoms with E-state index in [2.05, 4.69) is 5.32 Å². The van der Waals surface area contributed by atoms with E-state index in [1.807, 2.05) is 4.90 Å². The monoisotopic (exact) mass is 505 g/mol. The van der Waals surface area contributed by atoms with Gasteiger partial charge in [0.25, 0.3) is 17.5 Å². The number of carbonyl (C=O) groups is 2. The zero-order valence-corrected chi connectivity index (χ0v) is 20.0. The Kier molecular flexibility index (Phi) is 7.55. The van der Waals surface area contributed by atoms with E-state index in [0.29, 0.717) is 67.7 Å². The van der Waals surface area contributed by atoms with Crippen LogP contribution in [0.1, 0.15) is 27.1 Å². The number of piperazine rings is 1. The lowest BCUT2D eigenvalue weighted by atomic mass is 10.1. The minimum absolute atomic E-state index is 0.112. The second-order valence-corrected chi connectivity index (χ2v) is 9.10. The minimum Gasteiger partial charge on any atom is -0.362 e. The average Bonchev–Trinajstić information content (AvgIpc) is 3.12. The Morgan fingerprint density at radius 2 is 1.62 bits per heavy atom. The molecular formula is C23H25Cl2N5O4. The molecule has 0 spiro atoms. The number of halogens is 2. The van der Waals surface area contributed by atoms with E-state index in [-0.39, 0.29) is 22.5 Å². The van der Waals surface area contributed by atoms with Crippen LogP contribution in [0.15, 0.2) is 36.4 Å². The molecule has 180 valence electrons. The number of hydrogen-bond acceptors (Lipinski definition) is 6. The van der Waals surface area contributed by atoms with Crippen LogP contribution < -0.4 is 10.2 Å². The van der Waals surface area contributed by atoms with Crippen LogP contribution in [0.25, 0.3) is 0 Å². The van der Waals surface area contributed by atoms with E-state index in [4.69, 9.17) is 23.2 Å². The molecular weight excluding hydrogens is 481 g/mol. The van der Waals surface area contributed by atoms with Crippen molar-refractivity contribution in [2.75, 3.05) is 57.3 Å². The first-order chi connectivity index (χ1) is 16.3. The van der Waals surface area contributed by atoms with Gasteiger partial charge in [0.15, 0.2) is 0 Å². The molecule has 34 heavy (non-hydrogen) atoms. The van der Waals surface area contributed by atoms with Crippen LogP contribution in [0.3, 0.4) is 0 Å². The fourth-order valence-corrected chi connectivity index (χ4v) is 4.77. The predicted molar refractivity (Wildman–Crippen MR) is 131 cm³/mol. The van der Waals surface area contributed by atoms with Gasteiger partial charge in [-0.25, -0.2) is 0 Å². The van der Waals surface area contributed by atoms with Crippen molar-refractivity contribution in [3.63, 3.8) is 0 Å². The minimum atomic E-state index is -0.457. The fourth-order valence-electron chi connectivity index (χ4n) is 4.29. The fraction of sp³-hybridized carbons (Fsp3) is 0.391. The third-order valence-electron chi connectivity index (χ3n) is 6.12. The molecule has 2 amide bonds. The molecule has 2 aromatic carbocycles. The lowest BCUT2D eigenvalue weighted by molar-refractivity contribution is -0.384. The topological polar surface area (TPSA) is 99.0 Å². The number of hydrogen-bond donors (Lipinski definition) is 1. The Morgan fingerprint density at radius 1 is 0.882 bits per heavy atom. The number of carbonyl (C=O) groups excluding carboxylic acids is 2. The van der Waals surface area contributed by atoms with E-state index < -0.39 is 4.92 Å². The number of nitro benzene ring substituents is 1. The summed E-state index contributed by atoms with van der Waals surface area (Å²) in [5, 5.41) is 15.8. The Balaban J connectivity index is 1.47. The number of nitrogens with one attached hydrogen (secondary N) is 1. The van der Waals surface area contributed by atoms with Gasteiger partial charge in [-0.2, -0.15) is 0 Å². The molecule has 2 saturated heterocycles. The van der Waals surface area contributed by atoms with Crippen LogP contribution in [0.5, 0.6) is 0 Å². The molecule has 2 fully saturated rings. The molecule has 0 radical (unpaired) electrons. The van der Waals surface area contributed by atoms with Crippen LogP contribution in [-0.4, -0.2) is 78.9 Å². The van der Waals surface area contributed by atoms with Crippen molar-refractivity contribution in [1.82, 2.24) is 15.1 Å². The Morgan fingerprint density at radius 3 is 2.32 bits per heavy atom. The summed E-state index contributed by atoms with van der Waals surface area (Å²) < 4.78 is 0. The van der Waals surface area contributed by atoms with Gasteiger partial charge in [0, 0.05) is 62.5 Å². The number of amides is 2. The third kappa shape index (κ3) is 5.27. The van der Waals surface area contributed by atoms with E-state index >= 15 is 0 Å². The van der Waals surface area contributed by atoms with Crippen molar-refractivity contribution < 1.29 is 14.5 Å². The highest BCUT2D eigenvalue weighted by atomic mass is 35.5. The largest absolute Gasteiger partial charge is 0.362 e. The lowest BCUT2D eigenvalue weighted by Gasteiger charge is -2.36. The second kappa shape index (κ2) is 10.6. The Bertz CT molecular complexity index is 1100.